The van der Waals surface area contributed by atoms with Gasteiger partial charge in [0.05, 0.1) is 12.7 Å². The number of carbonyl (C=O) groups excluding carboxylic acids is 2. The lowest BCUT2D eigenvalue weighted by molar-refractivity contribution is -0.134. The van der Waals surface area contributed by atoms with Crippen molar-refractivity contribution in [2.75, 3.05) is 46.9 Å². The number of rotatable bonds is 6. The zero-order valence-corrected chi connectivity index (χ0v) is 19.9. The second-order valence-corrected chi connectivity index (χ2v) is 9.85. The lowest BCUT2D eigenvalue weighted by Crippen LogP contribution is -2.56. The zero-order chi connectivity index (χ0) is 22.8. The summed E-state index contributed by atoms with van der Waals surface area (Å²) in [6.45, 7) is 8.24. The summed E-state index contributed by atoms with van der Waals surface area (Å²) in [4.78, 5) is 32.3. The highest BCUT2D eigenvalue weighted by Crippen LogP contribution is 2.33. The highest BCUT2D eigenvalue weighted by Gasteiger charge is 2.36. The van der Waals surface area contributed by atoms with Crippen LogP contribution < -0.4 is 9.47 Å². The van der Waals surface area contributed by atoms with Crippen LogP contribution in [0.15, 0.2) is 18.2 Å². The number of hydrogen-bond donors (Lipinski definition) is 0. The van der Waals surface area contributed by atoms with Gasteiger partial charge in [-0.25, -0.2) is 0 Å². The van der Waals surface area contributed by atoms with Crippen molar-refractivity contribution < 1.29 is 19.1 Å². The van der Waals surface area contributed by atoms with Gasteiger partial charge in [0, 0.05) is 57.5 Å². The first-order chi connectivity index (χ1) is 15.4. The molecule has 1 aromatic carbocycles. The van der Waals surface area contributed by atoms with E-state index in [4.69, 9.17) is 9.47 Å². The average molecular weight is 444 g/mol. The molecule has 2 saturated heterocycles. The highest BCUT2D eigenvalue weighted by molar-refractivity contribution is 5.97. The fourth-order valence-corrected chi connectivity index (χ4v) is 4.80. The first-order valence-electron chi connectivity index (χ1n) is 12.0. The van der Waals surface area contributed by atoms with Gasteiger partial charge >= 0.3 is 0 Å². The Bertz CT molecular complexity index is 830. The summed E-state index contributed by atoms with van der Waals surface area (Å²) >= 11 is 0. The number of piperazine rings is 1. The summed E-state index contributed by atoms with van der Waals surface area (Å²) in [5.41, 5.74) is 0.566. The number of likely N-dealkylation sites (N-methyl/N-ethyl adjacent to an activating group) is 1. The van der Waals surface area contributed by atoms with Crippen molar-refractivity contribution >= 4 is 11.8 Å². The molecule has 2 amide bonds. The van der Waals surface area contributed by atoms with E-state index < -0.39 is 0 Å². The van der Waals surface area contributed by atoms with Gasteiger partial charge in [-0.1, -0.05) is 13.8 Å². The van der Waals surface area contributed by atoms with E-state index in [1.165, 1.54) is 0 Å². The van der Waals surface area contributed by atoms with Crippen LogP contribution in [0.5, 0.6) is 11.5 Å². The van der Waals surface area contributed by atoms with E-state index in [1.807, 2.05) is 21.9 Å². The smallest absolute Gasteiger partial charge is 0.258 e. The van der Waals surface area contributed by atoms with Crippen LogP contribution in [-0.4, -0.2) is 85.5 Å². The van der Waals surface area contributed by atoms with Gasteiger partial charge in [-0.3, -0.25) is 9.59 Å². The Morgan fingerprint density at radius 1 is 1.03 bits per heavy atom. The molecular weight excluding hydrogens is 406 g/mol. The molecule has 0 N–H and O–H groups in total. The van der Waals surface area contributed by atoms with E-state index in [-0.39, 0.29) is 24.0 Å². The summed E-state index contributed by atoms with van der Waals surface area (Å²) in [6, 6.07) is 5.67. The molecular formula is C25H37N3O4. The van der Waals surface area contributed by atoms with Gasteiger partial charge in [-0.05, 0) is 44.0 Å². The summed E-state index contributed by atoms with van der Waals surface area (Å²) < 4.78 is 11.8. The number of hydrogen-bond acceptors (Lipinski definition) is 5. The molecule has 176 valence electrons. The first-order valence-corrected chi connectivity index (χ1v) is 12.0. The van der Waals surface area contributed by atoms with Gasteiger partial charge in [0.1, 0.15) is 17.6 Å². The number of nitrogens with zero attached hydrogens (tertiary/aromatic N) is 3. The molecule has 0 aromatic heterocycles. The number of piperidine rings is 1. The fraction of sp³-hybridized carbons (Fsp3) is 0.680. The van der Waals surface area contributed by atoms with Crippen LogP contribution in [0.1, 0.15) is 49.9 Å². The van der Waals surface area contributed by atoms with Crippen LogP contribution in [0.4, 0.5) is 0 Å². The summed E-state index contributed by atoms with van der Waals surface area (Å²) in [6.07, 6.45) is 3.67. The molecule has 0 unspecified atom stereocenters. The minimum absolute atomic E-state index is 0.00610. The molecule has 0 spiro atoms. The van der Waals surface area contributed by atoms with Crippen molar-refractivity contribution in [3.63, 3.8) is 0 Å². The minimum atomic E-state index is 0.00610. The minimum Gasteiger partial charge on any atom is -0.497 e. The molecule has 1 aliphatic carbocycles. The van der Waals surface area contributed by atoms with Gasteiger partial charge < -0.3 is 24.2 Å². The number of likely N-dealkylation sites (tertiary alicyclic amines) is 1. The Balaban J connectivity index is 1.48. The molecule has 0 bridgehead atoms. The Labute approximate surface area is 191 Å². The Kier molecular flexibility index (Phi) is 6.93. The predicted molar refractivity (Wildman–Crippen MR) is 123 cm³/mol. The summed E-state index contributed by atoms with van der Waals surface area (Å²) in [5, 5.41) is 0. The summed E-state index contributed by atoms with van der Waals surface area (Å²) in [7, 11) is 3.72. The van der Waals surface area contributed by atoms with E-state index in [0.29, 0.717) is 35.4 Å². The maximum absolute atomic E-state index is 13.7. The molecule has 3 aliphatic rings. The van der Waals surface area contributed by atoms with E-state index in [2.05, 4.69) is 25.8 Å². The van der Waals surface area contributed by atoms with E-state index in [0.717, 1.165) is 51.9 Å². The van der Waals surface area contributed by atoms with Crippen molar-refractivity contribution in [3.8, 4) is 11.5 Å². The number of ether oxygens (including phenoxy) is 2. The average Bonchev–Trinajstić information content (AvgIpc) is 3.64. The number of benzene rings is 1. The Morgan fingerprint density at radius 2 is 1.75 bits per heavy atom. The molecule has 2 heterocycles. The number of methoxy groups -OCH3 is 1. The van der Waals surface area contributed by atoms with E-state index in [1.54, 1.807) is 13.2 Å². The molecule has 1 saturated carbocycles. The van der Waals surface area contributed by atoms with Gasteiger partial charge in [0.2, 0.25) is 5.91 Å². The number of carbonyl (C=O) groups is 2. The number of amides is 2. The molecule has 1 aromatic rings. The maximum Gasteiger partial charge on any atom is 0.258 e. The summed E-state index contributed by atoms with van der Waals surface area (Å²) in [5.74, 6) is 2.20. The van der Waals surface area contributed by atoms with Crippen molar-refractivity contribution in [2.24, 2.45) is 11.8 Å². The van der Waals surface area contributed by atoms with Crippen LogP contribution in [0.25, 0.3) is 0 Å². The Hall–Kier alpha value is -2.28. The largest absolute Gasteiger partial charge is 0.497 e. The molecule has 7 nitrogen and oxygen atoms in total. The quantitative estimate of drug-likeness (QED) is 0.677. The van der Waals surface area contributed by atoms with Gasteiger partial charge in [-0.2, -0.15) is 0 Å². The van der Waals surface area contributed by atoms with E-state index >= 15 is 0 Å². The van der Waals surface area contributed by atoms with Crippen molar-refractivity contribution in [2.45, 2.75) is 51.7 Å². The van der Waals surface area contributed by atoms with Crippen LogP contribution in [0.2, 0.25) is 0 Å². The van der Waals surface area contributed by atoms with Crippen LogP contribution in [0.3, 0.4) is 0 Å². The topological polar surface area (TPSA) is 62.3 Å². The standard InChI is InChI=1S/C25H37N3O4/c1-17(2)22-16-26(3)13-14-28(22)25(30)21-15-20(31-4)7-8-23(21)32-19-9-11-27(12-10-19)24(29)18-5-6-18/h7-8,15,17-19,22H,5-6,9-14,16H2,1-4H3/t22-/m1/s1. The SMILES string of the molecule is COc1ccc(OC2CCN(C(=O)C3CC3)CC2)c(C(=O)N2CCN(C)C[C@@H]2C(C)C)c1. The maximum atomic E-state index is 13.7. The highest BCUT2D eigenvalue weighted by atomic mass is 16.5. The molecule has 32 heavy (non-hydrogen) atoms. The first kappa shape index (κ1) is 22.9. The lowest BCUT2D eigenvalue weighted by atomic mass is 9.98. The molecule has 7 heteroatoms. The molecule has 2 aliphatic heterocycles. The normalized spacial score (nSPS) is 22.8. The molecule has 4 rings (SSSR count). The zero-order valence-electron chi connectivity index (χ0n) is 19.9. The van der Waals surface area contributed by atoms with Crippen molar-refractivity contribution in [1.29, 1.82) is 0 Å². The second-order valence-electron chi connectivity index (χ2n) is 9.85. The Morgan fingerprint density at radius 3 is 2.38 bits per heavy atom. The third kappa shape index (κ3) is 5.03. The monoisotopic (exact) mass is 443 g/mol. The van der Waals surface area contributed by atoms with Gasteiger partial charge in [0.15, 0.2) is 0 Å². The van der Waals surface area contributed by atoms with Crippen molar-refractivity contribution in [3.05, 3.63) is 23.8 Å². The molecule has 1 atom stereocenters. The van der Waals surface area contributed by atoms with Gasteiger partial charge in [0.25, 0.3) is 5.91 Å². The second kappa shape index (κ2) is 9.69. The van der Waals surface area contributed by atoms with E-state index in [9.17, 15) is 9.59 Å². The molecule has 3 fully saturated rings. The van der Waals surface area contributed by atoms with Crippen LogP contribution >= 0.6 is 0 Å². The lowest BCUT2D eigenvalue weighted by Gasteiger charge is -2.42. The third-order valence-corrected chi connectivity index (χ3v) is 7.04. The van der Waals surface area contributed by atoms with Crippen LogP contribution in [0, 0.1) is 11.8 Å². The van der Waals surface area contributed by atoms with Crippen LogP contribution in [-0.2, 0) is 4.79 Å². The third-order valence-electron chi connectivity index (χ3n) is 7.04. The fourth-order valence-electron chi connectivity index (χ4n) is 4.80. The van der Waals surface area contributed by atoms with Crippen molar-refractivity contribution in [1.82, 2.24) is 14.7 Å². The van der Waals surface area contributed by atoms with Gasteiger partial charge in [-0.15, -0.1) is 0 Å². The predicted octanol–water partition coefficient (Wildman–Crippen LogP) is 2.89. The molecule has 0 radical (unpaired) electrons.